The summed E-state index contributed by atoms with van der Waals surface area (Å²) in [6.45, 7) is 0.642. The first-order valence-electron chi connectivity index (χ1n) is 9.70. The van der Waals surface area contributed by atoms with Crippen molar-refractivity contribution < 1.29 is 17.9 Å². The quantitative estimate of drug-likeness (QED) is 0.764. The molecule has 1 aliphatic heterocycles. The van der Waals surface area contributed by atoms with Crippen molar-refractivity contribution in [3.63, 3.8) is 0 Å². The molecule has 1 saturated carbocycles. The Bertz CT molecular complexity index is 1050. The van der Waals surface area contributed by atoms with Gasteiger partial charge in [0.05, 0.1) is 7.11 Å². The van der Waals surface area contributed by atoms with Gasteiger partial charge in [0.2, 0.25) is 5.91 Å². The number of anilines is 2. The predicted molar refractivity (Wildman–Crippen MR) is 113 cm³/mol. The maximum Gasteiger partial charge on any atom is 0.265 e. The molecule has 2 aliphatic rings. The highest BCUT2D eigenvalue weighted by molar-refractivity contribution is 7.92. The third-order valence-electron chi connectivity index (χ3n) is 5.61. The van der Waals surface area contributed by atoms with Gasteiger partial charge in [0, 0.05) is 28.9 Å². The third-order valence-corrected chi connectivity index (χ3v) is 7.25. The van der Waals surface area contributed by atoms with E-state index in [1.54, 1.807) is 18.2 Å². The van der Waals surface area contributed by atoms with Gasteiger partial charge in [-0.3, -0.25) is 9.52 Å². The molecule has 0 saturated heterocycles. The standard InChI is InChI=1S/C21H23ClN2O4S/c1-28-19-9-6-16(22)13-20(19)29(26,27)23-17-7-8-18-15(12-17)10-11-24(18)21(25)14-4-2-3-5-14/h6-9,12-14,23H,2-5,10-11H2,1H3. The number of sulfonamides is 1. The number of carbonyl (C=O) groups excluding carboxylic acids is 1. The van der Waals surface area contributed by atoms with Crippen LogP contribution in [0.15, 0.2) is 41.3 Å². The van der Waals surface area contributed by atoms with Gasteiger partial charge in [-0.05, 0) is 61.2 Å². The fourth-order valence-corrected chi connectivity index (χ4v) is 5.64. The average molecular weight is 435 g/mol. The Morgan fingerprint density at radius 2 is 1.93 bits per heavy atom. The van der Waals surface area contributed by atoms with E-state index in [1.165, 1.54) is 19.2 Å². The molecule has 1 amide bonds. The first kappa shape index (κ1) is 20.0. The number of halogens is 1. The van der Waals surface area contributed by atoms with Crippen LogP contribution >= 0.6 is 11.6 Å². The summed E-state index contributed by atoms with van der Waals surface area (Å²) < 4.78 is 33.5. The molecule has 2 aromatic carbocycles. The minimum atomic E-state index is -3.88. The number of fused-ring (bicyclic) bond motifs is 1. The number of nitrogens with zero attached hydrogens (tertiary/aromatic N) is 1. The van der Waals surface area contributed by atoms with Crippen molar-refractivity contribution in [2.45, 2.75) is 37.0 Å². The van der Waals surface area contributed by atoms with Crippen molar-refractivity contribution in [2.24, 2.45) is 5.92 Å². The molecular formula is C21H23ClN2O4S. The number of amides is 1. The summed E-state index contributed by atoms with van der Waals surface area (Å²) in [5.74, 6) is 0.532. The lowest BCUT2D eigenvalue weighted by atomic mass is 10.1. The van der Waals surface area contributed by atoms with Crippen LogP contribution in [0.25, 0.3) is 0 Å². The molecule has 2 aromatic rings. The molecule has 0 unspecified atom stereocenters. The smallest absolute Gasteiger partial charge is 0.265 e. The zero-order valence-electron chi connectivity index (χ0n) is 16.2. The van der Waals surface area contributed by atoms with Crippen molar-refractivity contribution in [1.29, 1.82) is 0 Å². The zero-order valence-corrected chi connectivity index (χ0v) is 17.7. The van der Waals surface area contributed by atoms with Crippen LogP contribution in [-0.4, -0.2) is 28.0 Å². The number of rotatable bonds is 5. The monoisotopic (exact) mass is 434 g/mol. The van der Waals surface area contributed by atoms with Crippen LogP contribution in [0.4, 0.5) is 11.4 Å². The van der Waals surface area contributed by atoms with Crippen molar-refractivity contribution in [3.8, 4) is 5.75 Å². The molecular weight excluding hydrogens is 412 g/mol. The second-order valence-corrected chi connectivity index (χ2v) is 9.55. The van der Waals surface area contributed by atoms with E-state index in [0.717, 1.165) is 36.9 Å². The van der Waals surface area contributed by atoms with Crippen LogP contribution in [0.1, 0.15) is 31.2 Å². The van der Waals surface area contributed by atoms with Crippen LogP contribution in [0.5, 0.6) is 5.75 Å². The second-order valence-electron chi connectivity index (χ2n) is 7.47. The van der Waals surface area contributed by atoms with Gasteiger partial charge in [0.1, 0.15) is 10.6 Å². The van der Waals surface area contributed by atoms with E-state index < -0.39 is 10.0 Å². The van der Waals surface area contributed by atoms with Crippen molar-refractivity contribution >= 4 is 38.9 Å². The molecule has 0 radical (unpaired) electrons. The largest absolute Gasteiger partial charge is 0.495 e. The second kappa shape index (κ2) is 7.88. The molecule has 0 atom stereocenters. The van der Waals surface area contributed by atoms with E-state index in [2.05, 4.69) is 4.72 Å². The third kappa shape index (κ3) is 3.94. The molecule has 1 fully saturated rings. The Hall–Kier alpha value is -2.25. The molecule has 4 rings (SSSR count). The van der Waals surface area contributed by atoms with E-state index in [-0.39, 0.29) is 22.5 Å². The SMILES string of the molecule is COc1ccc(Cl)cc1S(=O)(=O)Nc1ccc2c(c1)CCN2C(=O)C1CCCC1. The Labute approximate surface area is 175 Å². The van der Waals surface area contributed by atoms with E-state index in [1.807, 2.05) is 11.0 Å². The Morgan fingerprint density at radius 1 is 1.17 bits per heavy atom. The maximum absolute atomic E-state index is 12.9. The van der Waals surface area contributed by atoms with E-state index in [0.29, 0.717) is 23.7 Å². The van der Waals surface area contributed by atoms with Crippen LogP contribution in [0.2, 0.25) is 5.02 Å². The van der Waals surface area contributed by atoms with Crippen molar-refractivity contribution in [3.05, 3.63) is 47.0 Å². The van der Waals surface area contributed by atoms with Gasteiger partial charge < -0.3 is 9.64 Å². The van der Waals surface area contributed by atoms with Gasteiger partial charge in [-0.25, -0.2) is 8.42 Å². The molecule has 6 nitrogen and oxygen atoms in total. The number of hydrogen-bond acceptors (Lipinski definition) is 4. The predicted octanol–water partition coefficient (Wildman–Crippen LogP) is 4.23. The number of nitrogens with one attached hydrogen (secondary N) is 1. The highest BCUT2D eigenvalue weighted by Gasteiger charge is 2.32. The lowest BCUT2D eigenvalue weighted by molar-refractivity contribution is -0.122. The first-order valence-corrected chi connectivity index (χ1v) is 11.6. The summed E-state index contributed by atoms with van der Waals surface area (Å²) in [4.78, 5) is 14.6. The minimum absolute atomic E-state index is 0.0222. The molecule has 1 aliphatic carbocycles. The fraction of sp³-hybridized carbons (Fsp3) is 0.381. The Balaban J connectivity index is 1.57. The Kier molecular flexibility index (Phi) is 5.44. The zero-order chi connectivity index (χ0) is 20.6. The number of methoxy groups -OCH3 is 1. The van der Waals surface area contributed by atoms with E-state index in [4.69, 9.17) is 16.3 Å². The number of hydrogen-bond donors (Lipinski definition) is 1. The molecule has 1 heterocycles. The maximum atomic E-state index is 12.9. The highest BCUT2D eigenvalue weighted by atomic mass is 35.5. The number of benzene rings is 2. The van der Waals surface area contributed by atoms with Gasteiger partial charge in [-0.2, -0.15) is 0 Å². The van der Waals surface area contributed by atoms with Gasteiger partial charge in [-0.1, -0.05) is 24.4 Å². The summed E-state index contributed by atoms with van der Waals surface area (Å²) >= 11 is 5.97. The van der Waals surface area contributed by atoms with Gasteiger partial charge in [0.15, 0.2) is 0 Å². The molecule has 0 aromatic heterocycles. The van der Waals surface area contributed by atoms with E-state index in [9.17, 15) is 13.2 Å². The fourth-order valence-electron chi connectivity index (χ4n) is 4.16. The van der Waals surface area contributed by atoms with Gasteiger partial charge in [-0.15, -0.1) is 0 Å². The topological polar surface area (TPSA) is 75.7 Å². The van der Waals surface area contributed by atoms with Crippen LogP contribution in [-0.2, 0) is 21.2 Å². The molecule has 1 N–H and O–H groups in total. The molecule has 154 valence electrons. The first-order chi connectivity index (χ1) is 13.9. The summed E-state index contributed by atoms with van der Waals surface area (Å²) in [5, 5.41) is 0.307. The average Bonchev–Trinajstić information content (AvgIpc) is 3.37. The lowest BCUT2D eigenvalue weighted by Crippen LogP contribution is -2.33. The Morgan fingerprint density at radius 3 is 2.66 bits per heavy atom. The lowest BCUT2D eigenvalue weighted by Gasteiger charge is -2.21. The molecule has 0 bridgehead atoms. The van der Waals surface area contributed by atoms with Gasteiger partial charge >= 0.3 is 0 Å². The van der Waals surface area contributed by atoms with Crippen molar-refractivity contribution in [1.82, 2.24) is 0 Å². The van der Waals surface area contributed by atoms with Crippen LogP contribution < -0.4 is 14.4 Å². The number of carbonyl (C=O) groups is 1. The summed E-state index contributed by atoms with van der Waals surface area (Å²) in [6.07, 6.45) is 4.87. The normalized spacial score (nSPS) is 16.7. The summed E-state index contributed by atoms with van der Waals surface area (Å²) in [5.41, 5.74) is 2.29. The minimum Gasteiger partial charge on any atom is -0.495 e. The van der Waals surface area contributed by atoms with Crippen molar-refractivity contribution in [2.75, 3.05) is 23.3 Å². The number of ether oxygens (including phenoxy) is 1. The van der Waals surface area contributed by atoms with E-state index >= 15 is 0 Å². The van der Waals surface area contributed by atoms with Crippen LogP contribution in [0.3, 0.4) is 0 Å². The summed E-state index contributed by atoms with van der Waals surface area (Å²) in [6, 6.07) is 9.76. The molecule has 8 heteroatoms. The van der Waals surface area contributed by atoms with Crippen LogP contribution in [0, 0.1) is 5.92 Å². The van der Waals surface area contributed by atoms with Gasteiger partial charge in [0.25, 0.3) is 10.0 Å². The molecule has 29 heavy (non-hydrogen) atoms. The molecule has 0 spiro atoms. The highest BCUT2D eigenvalue weighted by Crippen LogP contribution is 2.36. The summed E-state index contributed by atoms with van der Waals surface area (Å²) in [7, 11) is -2.47.